The van der Waals surface area contributed by atoms with E-state index in [1.54, 1.807) is 0 Å². The fraction of sp³-hybridized carbons (Fsp3) is 0.250. The zero-order valence-corrected chi connectivity index (χ0v) is 14.5. The van der Waals surface area contributed by atoms with Crippen molar-refractivity contribution in [1.82, 2.24) is 4.98 Å². The van der Waals surface area contributed by atoms with E-state index in [0.717, 1.165) is 5.82 Å². The summed E-state index contributed by atoms with van der Waals surface area (Å²) in [5.74, 6) is 0.998. The highest BCUT2D eigenvalue weighted by Gasteiger charge is 2.25. The van der Waals surface area contributed by atoms with Crippen LogP contribution in [0.2, 0.25) is 0 Å². The molecule has 0 N–H and O–H groups in total. The molecule has 0 amide bonds. The normalized spacial score (nSPS) is 10.8. The van der Waals surface area contributed by atoms with Gasteiger partial charge in [-0.1, -0.05) is 6.07 Å². The summed E-state index contributed by atoms with van der Waals surface area (Å²) in [5.41, 5.74) is 7.47. The maximum atomic E-state index is 4.61. The molecular weight excluding hydrogens is 282 g/mol. The van der Waals surface area contributed by atoms with Gasteiger partial charge >= 0.3 is 5.82 Å². The molecule has 0 saturated carbocycles. The van der Waals surface area contributed by atoms with Gasteiger partial charge in [0, 0.05) is 36.2 Å². The molecule has 2 heterocycles. The maximum Gasteiger partial charge on any atom is 0.330 e. The van der Waals surface area contributed by atoms with Gasteiger partial charge in [-0.3, -0.25) is 0 Å². The van der Waals surface area contributed by atoms with Gasteiger partial charge < -0.3 is 0 Å². The van der Waals surface area contributed by atoms with Crippen LogP contribution in [0, 0.1) is 27.7 Å². The summed E-state index contributed by atoms with van der Waals surface area (Å²) in [4.78, 5) is 4.61. The Morgan fingerprint density at radius 3 is 2.39 bits per heavy atom. The molecule has 3 rings (SSSR count). The molecule has 0 spiro atoms. The summed E-state index contributed by atoms with van der Waals surface area (Å²) >= 11 is 0. The van der Waals surface area contributed by atoms with Gasteiger partial charge in [0.15, 0.2) is 11.9 Å². The molecule has 0 unspecified atom stereocenters. The Balaban J connectivity index is 2.35. The third kappa shape index (κ3) is 2.63. The monoisotopic (exact) mass is 305 g/mol. The Hall–Kier alpha value is -2.55. The Morgan fingerprint density at radius 2 is 1.70 bits per heavy atom. The van der Waals surface area contributed by atoms with Crippen LogP contribution in [0.5, 0.6) is 0 Å². The summed E-state index contributed by atoms with van der Waals surface area (Å²) in [6.07, 6.45) is 6.03. The lowest BCUT2D eigenvalue weighted by Gasteiger charge is -2.12. The molecule has 0 fully saturated rings. The number of hydrogen-bond donors (Lipinski definition) is 0. The highest BCUT2D eigenvalue weighted by Crippen LogP contribution is 2.28. The molecule has 0 saturated heterocycles. The van der Waals surface area contributed by atoms with E-state index in [4.69, 9.17) is 0 Å². The maximum absolute atomic E-state index is 4.61. The first kappa shape index (κ1) is 15.3. The fourth-order valence-electron chi connectivity index (χ4n) is 3.35. The first-order chi connectivity index (χ1) is 11.0. The predicted octanol–water partition coefficient (Wildman–Crippen LogP) is 3.08. The van der Waals surface area contributed by atoms with Crippen molar-refractivity contribution < 1.29 is 9.13 Å². The number of rotatable bonds is 2. The second-order valence-corrected chi connectivity index (χ2v) is 6.13. The van der Waals surface area contributed by atoms with Crippen molar-refractivity contribution >= 4 is 0 Å². The molecule has 0 aliphatic heterocycles. The fourth-order valence-corrected chi connectivity index (χ4v) is 3.35. The van der Waals surface area contributed by atoms with Gasteiger partial charge in [0.1, 0.15) is 6.20 Å². The van der Waals surface area contributed by atoms with Crippen molar-refractivity contribution in [2.24, 2.45) is 7.05 Å². The summed E-state index contributed by atoms with van der Waals surface area (Å²) in [6.45, 7) is 8.67. The molecule has 0 bridgehead atoms. The number of hydrogen-bond acceptors (Lipinski definition) is 1. The highest BCUT2D eigenvalue weighted by atomic mass is 15.0. The Morgan fingerprint density at radius 1 is 0.913 bits per heavy atom. The van der Waals surface area contributed by atoms with Gasteiger partial charge in [-0.25, -0.2) is 4.57 Å². The SMILES string of the molecule is Cc1cc(C)c(-[n+]2ccccc2C)c(C)c1-c1nccc[n+]1C. The van der Waals surface area contributed by atoms with Crippen molar-refractivity contribution in [1.29, 1.82) is 0 Å². The number of aromatic nitrogens is 3. The topological polar surface area (TPSA) is 20.6 Å². The summed E-state index contributed by atoms with van der Waals surface area (Å²) in [7, 11) is 2.04. The van der Waals surface area contributed by atoms with E-state index in [0.29, 0.717) is 0 Å². The molecule has 0 atom stereocenters. The Labute approximate surface area is 137 Å². The minimum absolute atomic E-state index is 0.998. The third-order valence-corrected chi connectivity index (χ3v) is 4.39. The molecule has 23 heavy (non-hydrogen) atoms. The first-order valence-corrected chi connectivity index (χ1v) is 7.90. The van der Waals surface area contributed by atoms with E-state index in [1.807, 2.05) is 25.5 Å². The van der Waals surface area contributed by atoms with Gasteiger partial charge in [0.25, 0.3) is 0 Å². The molecule has 3 aromatic rings. The van der Waals surface area contributed by atoms with E-state index in [1.165, 1.54) is 33.6 Å². The second-order valence-electron chi connectivity index (χ2n) is 6.13. The Kier molecular flexibility index (Phi) is 3.95. The smallest absolute Gasteiger partial charge is 0.233 e. The lowest BCUT2D eigenvalue weighted by molar-refractivity contribution is -0.663. The van der Waals surface area contributed by atoms with E-state index < -0.39 is 0 Å². The number of pyridine rings is 1. The minimum Gasteiger partial charge on any atom is -0.233 e. The van der Waals surface area contributed by atoms with Crippen LogP contribution >= 0.6 is 0 Å². The predicted molar refractivity (Wildman–Crippen MR) is 91.3 cm³/mol. The number of nitrogens with zero attached hydrogens (tertiary/aromatic N) is 3. The van der Waals surface area contributed by atoms with Crippen LogP contribution in [0.25, 0.3) is 17.1 Å². The summed E-state index contributed by atoms with van der Waals surface area (Å²) in [6, 6.07) is 10.5. The molecule has 116 valence electrons. The van der Waals surface area contributed by atoms with Gasteiger partial charge in [-0.05, 0) is 37.4 Å². The average Bonchev–Trinajstić information content (AvgIpc) is 2.50. The van der Waals surface area contributed by atoms with E-state index in [-0.39, 0.29) is 0 Å². The van der Waals surface area contributed by atoms with Crippen LogP contribution in [0.1, 0.15) is 22.4 Å². The van der Waals surface area contributed by atoms with Gasteiger partial charge in [0.2, 0.25) is 5.69 Å². The van der Waals surface area contributed by atoms with Crippen molar-refractivity contribution in [2.45, 2.75) is 27.7 Å². The molecule has 3 heteroatoms. The summed E-state index contributed by atoms with van der Waals surface area (Å²) < 4.78 is 4.34. The standard InChI is InChI=1S/C20H23N3/c1-14-13-15(2)19(23-12-7-6-9-16(23)3)17(4)18(14)20-21-10-8-11-22(20)5/h6-13H,1-5H3/q+2. The zero-order chi connectivity index (χ0) is 16.6. The zero-order valence-electron chi connectivity index (χ0n) is 14.5. The molecule has 2 aromatic heterocycles. The van der Waals surface area contributed by atoms with Crippen LogP contribution in [0.15, 0.2) is 48.9 Å². The molecular formula is C20H23N3+2. The van der Waals surface area contributed by atoms with Crippen molar-refractivity contribution in [3.63, 3.8) is 0 Å². The molecule has 0 aliphatic carbocycles. The first-order valence-electron chi connectivity index (χ1n) is 7.90. The quantitative estimate of drug-likeness (QED) is 0.666. The number of aryl methyl sites for hydroxylation is 4. The van der Waals surface area contributed by atoms with Crippen LogP contribution in [0.4, 0.5) is 0 Å². The molecule has 1 aromatic carbocycles. The lowest BCUT2D eigenvalue weighted by atomic mass is 9.96. The third-order valence-electron chi connectivity index (χ3n) is 4.39. The molecule has 0 aliphatic rings. The van der Waals surface area contributed by atoms with Crippen LogP contribution in [-0.4, -0.2) is 4.98 Å². The minimum atomic E-state index is 0.998. The average molecular weight is 305 g/mol. The lowest BCUT2D eigenvalue weighted by Crippen LogP contribution is -2.37. The molecule has 3 nitrogen and oxygen atoms in total. The second kappa shape index (κ2) is 5.92. The largest absolute Gasteiger partial charge is 0.330 e. The highest BCUT2D eigenvalue weighted by molar-refractivity contribution is 5.68. The van der Waals surface area contributed by atoms with Gasteiger partial charge in [-0.15, -0.1) is 0 Å². The number of benzene rings is 1. The van der Waals surface area contributed by atoms with Gasteiger partial charge in [0.05, 0.1) is 18.8 Å². The van der Waals surface area contributed by atoms with E-state index in [9.17, 15) is 0 Å². The van der Waals surface area contributed by atoms with Crippen molar-refractivity contribution in [3.05, 3.63) is 71.3 Å². The van der Waals surface area contributed by atoms with Crippen LogP contribution in [-0.2, 0) is 7.05 Å². The van der Waals surface area contributed by atoms with Crippen LogP contribution < -0.4 is 9.13 Å². The van der Waals surface area contributed by atoms with Crippen LogP contribution in [0.3, 0.4) is 0 Å². The van der Waals surface area contributed by atoms with Crippen molar-refractivity contribution in [2.75, 3.05) is 0 Å². The summed E-state index contributed by atoms with van der Waals surface area (Å²) in [5, 5.41) is 0. The van der Waals surface area contributed by atoms with E-state index in [2.05, 4.69) is 72.3 Å². The van der Waals surface area contributed by atoms with E-state index >= 15 is 0 Å². The van der Waals surface area contributed by atoms with Crippen molar-refractivity contribution in [3.8, 4) is 17.1 Å². The Bertz CT molecular complexity index is 812. The molecule has 0 radical (unpaired) electrons. The van der Waals surface area contributed by atoms with Gasteiger partial charge in [-0.2, -0.15) is 4.57 Å².